The average Bonchev–Trinajstić information content (AvgIpc) is 2.38. The van der Waals surface area contributed by atoms with Crippen LogP contribution in [0, 0.1) is 5.82 Å². The third-order valence-corrected chi connectivity index (χ3v) is 2.48. The van der Waals surface area contributed by atoms with Gasteiger partial charge in [-0.1, -0.05) is 6.07 Å². The van der Waals surface area contributed by atoms with Gasteiger partial charge in [-0.05, 0) is 18.6 Å². The van der Waals surface area contributed by atoms with Gasteiger partial charge in [-0.25, -0.2) is 4.39 Å². The van der Waals surface area contributed by atoms with E-state index in [1.807, 2.05) is 0 Å². The normalized spacial score (nSPS) is 23.3. The summed E-state index contributed by atoms with van der Waals surface area (Å²) in [4.78, 5) is 10.6. The molecule has 0 aliphatic carbocycles. The van der Waals surface area contributed by atoms with E-state index in [0.29, 0.717) is 12.2 Å². The molecule has 1 atom stereocenters. The first-order valence-electron chi connectivity index (χ1n) is 4.68. The highest BCUT2D eigenvalue weighted by Gasteiger charge is 2.36. The molecule has 0 spiro atoms. The van der Waals surface area contributed by atoms with Crippen molar-refractivity contribution < 1.29 is 19.0 Å². The van der Waals surface area contributed by atoms with Gasteiger partial charge in [0.1, 0.15) is 17.2 Å². The molecule has 0 amide bonds. The molecule has 0 saturated heterocycles. The van der Waals surface area contributed by atoms with Crippen LogP contribution in [-0.4, -0.2) is 16.7 Å². The lowest BCUT2D eigenvalue weighted by molar-refractivity contribution is -0.140. The Morgan fingerprint density at radius 1 is 1.67 bits per heavy atom. The number of benzene rings is 1. The number of carbonyl (C=O) groups is 1. The Morgan fingerprint density at radius 2 is 2.40 bits per heavy atom. The number of ether oxygens (including phenoxy) is 1. The number of carboxylic acid groups (broad SMARTS) is 1. The van der Waals surface area contributed by atoms with E-state index in [1.165, 1.54) is 12.1 Å². The number of carboxylic acids is 1. The van der Waals surface area contributed by atoms with Crippen molar-refractivity contribution in [3.8, 4) is 5.75 Å². The molecule has 1 aromatic rings. The molecule has 0 saturated carbocycles. The summed E-state index contributed by atoms with van der Waals surface area (Å²) in [5.41, 5.74) is 0.113. The second-order valence-electron chi connectivity index (χ2n) is 4.05. The van der Waals surface area contributed by atoms with Gasteiger partial charge in [0.05, 0.1) is 6.42 Å². The summed E-state index contributed by atoms with van der Waals surface area (Å²) in [6.07, 6.45) is 0.429. The zero-order valence-electron chi connectivity index (χ0n) is 8.29. The zero-order chi connectivity index (χ0) is 11.1. The molecular formula is C11H11FO3. The second kappa shape index (κ2) is 3.22. The van der Waals surface area contributed by atoms with Crippen LogP contribution in [0.3, 0.4) is 0 Å². The molecule has 0 aromatic heterocycles. The highest BCUT2D eigenvalue weighted by Crippen LogP contribution is 2.37. The maximum Gasteiger partial charge on any atom is 0.307 e. The lowest BCUT2D eigenvalue weighted by Crippen LogP contribution is -2.33. The van der Waals surface area contributed by atoms with Gasteiger partial charge in [-0.15, -0.1) is 0 Å². The maximum absolute atomic E-state index is 12.9. The van der Waals surface area contributed by atoms with Gasteiger partial charge in [0.25, 0.3) is 0 Å². The number of aliphatic carboxylic acids is 1. The third-order valence-electron chi connectivity index (χ3n) is 2.48. The van der Waals surface area contributed by atoms with Gasteiger partial charge in [-0.2, -0.15) is 0 Å². The van der Waals surface area contributed by atoms with Crippen LogP contribution in [0.15, 0.2) is 18.2 Å². The van der Waals surface area contributed by atoms with Crippen LogP contribution >= 0.6 is 0 Å². The largest absolute Gasteiger partial charge is 0.486 e. The minimum absolute atomic E-state index is 0.0801. The first-order valence-corrected chi connectivity index (χ1v) is 4.68. The summed E-state index contributed by atoms with van der Waals surface area (Å²) in [7, 11) is 0. The van der Waals surface area contributed by atoms with E-state index < -0.39 is 11.6 Å². The van der Waals surface area contributed by atoms with Crippen LogP contribution in [0.25, 0.3) is 0 Å². The molecule has 1 heterocycles. The molecule has 0 bridgehead atoms. The van der Waals surface area contributed by atoms with Gasteiger partial charge in [-0.3, -0.25) is 4.79 Å². The fourth-order valence-corrected chi connectivity index (χ4v) is 1.89. The van der Waals surface area contributed by atoms with E-state index in [1.54, 1.807) is 13.0 Å². The maximum atomic E-state index is 12.9. The molecule has 4 heteroatoms. The van der Waals surface area contributed by atoms with E-state index in [2.05, 4.69) is 0 Å². The van der Waals surface area contributed by atoms with Crippen molar-refractivity contribution in [3.05, 3.63) is 29.6 Å². The highest BCUT2D eigenvalue weighted by atomic mass is 19.1. The molecule has 0 radical (unpaired) electrons. The van der Waals surface area contributed by atoms with Crippen molar-refractivity contribution in [1.29, 1.82) is 0 Å². The topological polar surface area (TPSA) is 46.5 Å². The number of hydrogen-bond donors (Lipinski definition) is 1. The minimum atomic E-state index is -0.911. The molecule has 80 valence electrons. The quantitative estimate of drug-likeness (QED) is 0.812. The number of halogens is 1. The predicted molar refractivity (Wildman–Crippen MR) is 51.4 cm³/mol. The molecule has 1 aliphatic heterocycles. The lowest BCUT2D eigenvalue weighted by atomic mass is 9.96. The molecule has 2 rings (SSSR count). The minimum Gasteiger partial charge on any atom is -0.486 e. The van der Waals surface area contributed by atoms with Crippen LogP contribution in [-0.2, 0) is 11.2 Å². The van der Waals surface area contributed by atoms with Gasteiger partial charge in [0.15, 0.2) is 0 Å². The van der Waals surface area contributed by atoms with E-state index in [4.69, 9.17) is 9.84 Å². The predicted octanol–water partition coefficient (Wildman–Crippen LogP) is 1.99. The summed E-state index contributed by atoms with van der Waals surface area (Å²) in [6, 6.07) is 4.29. The van der Waals surface area contributed by atoms with E-state index in [9.17, 15) is 9.18 Å². The van der Waals surface area contributed by atoms with Crippen molar-refractivity contribution >= 4 is 5.97 Å². The Morgan fingerprint density at radius 3 is 3.07 bits per heavy atom. The summed E-state index contributed by atoms with van der Waals surface area (Å²) in [6.45, 7) is 1.72. The second-order valence-corrected chi connectivity index (χ2v) is 4.05. The zero-order valence-corrected chi connectivity index (χ0v) is 8.29. The van der Waals surface area contributed by atoms with Gasteiger partial charge in [0.2, 0.25) is 0 Å². The highest BCUT2D eigenvalue weighted by molar-refractivity contribution is 5.68. The Bertz CT molecular complexity index is 416. The van der Waals surface area contributed by atoms with Gasteiger partial charge in [0, 0.05) is 12.5 Å². The van der Waals surface area contributed by atoms with Crippen molar-refractivity contribution in [2.75, 3.05) is 0 Å². The van der Waals surface area contributed by atoms with Gasteiger partial charge < -0.3 is 9.84 Å². The van der Waals surface area contributed by atoms with E-state index >= 15 is 0 Å². The molecule has 1 aliphatic rings. The van der Waals surface area contributed by atoms with Crippen molar-refractivity contribution in [2.24, 2.45) is 0 Å². The van der Waals surface area contributed by atoms with Crippen molar-refractivity contribution in [3.63, 3.8) is 0 Å². The van der Waals surface area contributed by atoms with Crippen LogP contribution in [0.2, 0.25) is 0 Å². The number of fused-ring (bicyclic) bond motifs is 1. The first kappa shape index (κ1) is 9.96. The van der Waals surface area contributed by atoms with E-state index in [0.717, 1.165) is 5.56 Å². The fraction of sp³-hybridized carbons (Fsp3) is 0.364. The Kier molecular flexibility index (Phi) is 2.14. The molecular weight excluding hydrogens is 199 g/mol. The summed E-state index contributed by atoms with van der Waals surface area (Å²) >= 11 is 0. The third kappa shape index (κ3) is 1.93. The van der Waals surface area contributed by atoms with Crippen molar-refractivity contribution in [1.82, 2.24) is 0 Å². The monoisotopic (exact) mass is 210 g/mol. The molecule has 1 aromatic carbocycles. The van der Waals surface area contributed by atoms with Crippen LogP contribution in [0.4, 0.5) is 4.39 Å². The van der Waals surface area contributed by atoms with Crippen LogP contribution < -0.4 is 4.74 Å². The van der Waals surface area contributed by atoms with Crippen LogP contribution in [0.5, 0.6) is 5.75 Å². The number of rotatable bonds is 2. The SMILES string of the molecule is CC1(CC(=O)O)Cc2ccc(F)cc2O1. The Balaban J connectivity index is 2.24. The molecule has 3 nitrogen and oxygen atoms in total. The molecule has 1 N–H and O–H groups in total. The molecule has 1 unspecified atom stereocenters. The van der Waals surface area contributed by atoms with Crippen LogP contribution in [0.1, 0.15) is 18.9 Å². The summed E-state index contributed by atoms with van der Waals surface area (Å²) in [5, 5.41) is 8.72. The summed E-state index contributed by atoms with van der Waals surface area (Å²) in [5.74, 6) is -0.821. The average molecular weight is 210 g/mol. The van der Waals surface area contributed by atoms with E-state index in [-0.39, 0.29) is 12.2 Å². The standard InChI is InChI=1S/C11H11FO3/c1-11(6-10(13)14)5-7-2-3-8(12)4-9(7)15-11/h2-4H,5-6H2,1H3,(H,13,14). The van der Waals surface area contributed by atoms with Gasteiger partial charge >= 0.3 is 5.97 Å². The molecule has 15 heavy (non-hydrogen) atoms. The molecule has 0 fully saturated rings. The van der Waals surface area contributed by atoms with Crippen molar-refractivity contribution in [2.45, 2.75) is 25.4 Å². The first-order chi connectivity index (χ1) is 6.98. The number of hydrogen-bond acceptors (Lipinski definition) is 2. The Hall–Kier alpha value is -1.58. The fourth-order valence-electron chi connectivity index (χ4n) is 1.89. The smallest absolute Gasteiger partial charge is 0.307 e. The Labute approximate surface area is 86.5 Å². The lowest BCUT2D eigenvalue weighted by Gasteiger charge is -2.21. The summed E-state index contributed by atoms with van der Waals surface area (Å²) < 4.78 is 18.3.